The molecule has 0 aliphatic heterocycles. The summed E-state index contributed by atoms with van der Waals surface area (Å²) in [7, 11) is 1.88. The Morgan fingerprint density at radius 1 is 1.19 bits per heavy atom. The van der Waals surface area contributed by atoms with Gasteiger partial charge in [-0.2, -0.15) is 15.1 Å². The molecule has 86 valence electrons. The number of hydrogen-bond donors (Lipinski definition) is 2. The normalized spacial score (nSPS) is 10.7. The number of aryl methyl sites for hydroxylation is 1. The molecule has 2 aromatic rings. The van der Waals surface area contributed by atoms with Crippen molar-refractivity contribution in [2.45, 2.75) is 13.8 Å². The van der Waals surface area contributed by atoms with Crippen molar-refractivity contribution < 1.29 is 0 Å². The van der Waals surface area contributed by atoms with Gasteiger partial charge in [-0.05, 0) is 13.8 Å². The van der Waals surface area contributed by atoms with Gasteiger partial charge < -0.3 is 10.6 Å². The van der Waals surface area contributed by atoms with Crippen LogP contribution in [-0.4, -0.2) is 32.8 Å². The second-order valence-electron chi connectivity index (χ2n) is 3.46. The van der Waals surface area contributed by atoms with Crippen LogP contribution in [0.3, 0.4) is 0 Å². The van der Waals surface area contributed by atoms with E-state index in [1.165, 1.54) is 0 Å². The van der Waals surface area contributed by atoms with Crippen LogP contribution in [0.15, 0.2) is 6.20 Å². The molecule has 6 heteroatoms. The Morgan fingerprint density at radius 2 is 1.94 bits per heavy atom. The Labute approximate surface area is 94.1 Å². The molecule has 0 aliphatic rings. The van der Waals surface area contributed by atoms with E-state index < -0.39 is 0 Å². The fourth-order valence-electron chi connectivity index (χ4n) is 1.56. The summed E-state index contributed by atoms with van der Waals surface area (Å²) >= 11 is 0. The molecule has 0 saturated carbocycles. The average Bonchev–Trinajstić information content (AvgIpc) is 2.62. The van der Waals surface area contributed by atoms with Gasteiger partial charge in [0.1, 0.15) is 5.82 Å². The zero-order chi connectivity index (χ0) is 11.5. The highest BCUT2D eigenvalue weighted by molar-refractivity contribution is 5.87. The van der Waals surface area contributed by atoms with E-state index in [0.29, 0.717) is 5.95 Å². The lowest BCUT2D eigenvalue weighted by Crippen LogP contribution is -2.07. The van der Waals surface area contributed by atoms with E-state index in [1.54, 1.807) is 10.9 Å². The van der Waals surface area contributed by atoms with Gasteiger partial charge in [-0.15, -0.1) is 0 Å². The third kappa shape index (κ3) is 1.78. The molecule has 0 bridgehead atoms. The van der Waals surface area contributed by atoms with Crippen molar-refractivity contribution in [1.29, 1.82) is 0 Å². The number of rotatable bonds is 4. The third-order valence-electron chi connectivity index (χ3n) is 2.27. The summed E-state index contributed by atoms with van der Waals surface area (Å²) in [6, 6.07) is 0. The van der Waals surface area contributed by atoms with Gasteiger partial charge in [0, 0.05) is 20.1 Å². The van der Waals surface area contributed by atoms with Crippen molar-refractivity contribution in [1.82, 2.24) is 19.7 Å². The molecule has 0 radical (unpaired) electrons. The second-order valence-corrected chi connectivity index (χ2v) is 3.46. The summed E-state index contributed by atoms with van der Waals surface area (Å²) in [6.45, 7) is 5.68. The van der Waals surface area contributed by atoms with E-state index in [9.17, 15) is 0 Å². The maximum atomic E-state index is 4.41. The van der Waals surface area contributed by atoms with Crippen LogP contribution >= 0.6 is 0 Å². The van der Waals surface area contributed by atoms with Gasteiger partial charge in [-0.25, -0.2) is 0 Å². The molecular formula is C10H16N6. The summed E-state index contributed by atoms with van der Waals surface area (Å²) in [6.07, 6.45) is 1.78. The summed E-state index contributed by atoms with van der Waals surface area (Å²) in [5.41, 5.74) is 0.835. The Kier molecular flexibility index (Phi) is 2.89. The lowest BCUT2D eigenvalue weighted by atomic mass is 10.4. The van der Waals surface area contributed by atoms with Crippen LogP contribution in [0.4, 0.5) is 11.8 Å². The number of anilines is 2. The molecule has 0 spiro atoms. The van der Waals surface area contributed by atoms with Crippen molar-refractivity contribution in [3.8, 4) is 0 Å². The molecule has 2 heterocycles. The molecule has 0 atom stereocenters. The van der Waals surface area contributed by atoms with Crippen LogP contribution in [0.2, 0.25) is 0 Å². The molecule has 0 fully saturated rings. The first-order chi connectivity index (χ1) is 7.76. The molecule has 6 nitrogen and oxygen atoms in total. The highest BCUT2D eigenvalue weighted by atomic mass is 15.3. The predicted octanol–water partition coefficient (Wildman–Crippen LogP) is 1.23. The first kappa shape index (κ1) is 10.7. The first-order valence-corrected chi connectivity index (χ1v) is 5.43. The molecular weight excluding hydrogens is 204 g/mol. The van der Waals surface area contributed by atoms with E-state index in [-0.39, 0.29) is 0 Å². The quantitative estimate of drug-likeness (QED) is 0.811. The number of nitrogens with zero attached hydrogens (tertiary/aromatic N) is 4. The monoisotopic (exact) mass is 220 g/mol. The van der Waals surface area contributed by atoms with Gasteiger partial charge in [0.2, 0.25) is 5.95 Å². The van der Waals surface area contributed by atoms with Gasteiger partial charge >= 0.3 is 0 Å². The minimum Gasteiger partial charge on any atom is -0.370 e. The van der Waals surface area contributed by atoms with E-state index in [1.807, 2.05) is 20.9 Å². The molecule has 0 amide bonds. The SMILES string of the molecule is CCNc1nc(NCC)c2cnn(C)c2n1. The van der Waals surface area contributed by atoms with Crippen molar-refractivity contribution in [3.63, 3.8) is 0 Å². The molecule has 0 unspecified atom stereocenters. The third-order valence-corrected chi connectivity index (χ3v) is 2.27. The van der Waals surface area contributed by atoms with Gasteiger partial charge in [0.15, 0.2) is 5.65 Å². The molecule has 0 saturated heterocycles. The van der Waals surface area contributed by atoms with Gasteiger partial charge in [-0.1, -0.05) is 0 Å². The van der Waals surface area contributed by atoms with E-state index in [4.69, 9.17) is 0 Å². The first-order valence-electron chi connectivity index (χ1n) is 5.43. The Hall–Kier alpha value is -1.85. The molecule has 2 N–H and O–H groups in total. The Balaban J connectivity index is 2.56. The number of fused-ring (bicyclic) bond motifs is 1. The largest absolute Gasteiger partial charge is 0.370 e. The minimum absolute atomic E-state index is 0.634. The summed E-state index contributed by atoms with van der Waals surface area (Å²) < 4.78 is 1.75. The van der Waals surface area contributed by atoms with Crippen LogP contribution in [0.1, 0.15) is 13.8 Å². The summed E-state index contributed by atoms with van der Waals surface area (Å²) in [4.78, 5) is 8.81. The van der Waals surface area contributed by atoms with Crippen LogP contribution in [-0.2, 0) is 7.05 Å². The molecule has 16 heavy (non-hydrogen) atoms. The van der Waals surface area contributed by atoms with E-state index in [0.717, 1.165) is 29.9 Å². The maximum Gasteiger partial charge on any atom is 0.226 e. The van der Waals surface area contributed by atoms with Gasteiger partial charge in [-0.3, -0.25) is 4.68 Å². The van der Waals surface area contributed by atoms with Crippen LogP contribution in [0.25, 0.3) is 11.0 Å². The van der Waals surface area contributed by atoms with E-state index in [2.05, 4.69) is 25.7 Å². The molecule has 0 aliphatic carbocycles. The topological polar surface area (TPSA) is 67.7 Å². The standard InChI is InChI=1S/C10H16N6/c1-4-11-8-7-6-13-16(3)9(7)15-10(14-8)12-5-2/h6H,4-5H2,1-3H3,(H2,11,12,14,15). The highest BCUT2D eigenvalue weighted by Gasteiger charge is 2.10. The van der Waals surface area contributed by atoms with Crippen molar-refractivity contribution in [3.05, 3.63) is 6.20 Å². The number of hydrogen-bond acceptors (Lipinski definition) is 5. The Bertz CT molecular complexity index is 489. The summed E-state index contributed by atoms with van der Waals surface area (Å²) in [5, 5.41) is 11.5. The van der Waals surface area contributed by atoms with Crippen LogP contribution in [0.5, 0.6) is 0 Å². The molecule has 2 rings (SSSR count). The van der Waals surface area contributed by atoms with Crippen LogP contribution < -0.4 is 10.6 Å². The van der Waals surface area contributed by atoms with Crippen LogP contribution in [0, 0.1) is 0 Å². The van der Waals surface area contributed by atoms with Gasteiger partial charge in [0.25, 0.3) is 0 Å². The zero-order valence-electron chi connectivity index (χ0n) is 9.78. The average molecular weight is 220 g/mol. The molecule has 0 aromatic carbocycles. The van der Waals surface area contributed by atoms with Crippen molar-refractivity contribution in [2.75, 3.05) is 23.7 Å². The fraction of sp³-hybridized carbons (Fsp3) is 0.500. The zero-order valence-corrected chi connectivity index (χ0v) is 9.78. The Morgan fingerprint density at radius 3 is 2.62 bits per heavy atom. The predicted molar refractivity (Wildman–Crippen MR) is 64.6 cm³/mol. The van der Waals surface area contributed by atoms with Crippen molar-refractivity contribution in [2.24, 2.45) is 7.05 Å². The lowest BCUT2D eigenvalue weighted by molar-refractivity contribution is 0.785. The maximum absolute atomic E-state index is 4.41. The van der Waals surface area contributed by atoms with Crippen molar-refractivity contribution >= 4 is 22.8 Å². The number of aromatic nitrogens is 4. The summed E-state index contributed by atoms with van der Waals surface area (Å²) in [5.74, 6) is 1.46. The lowest BCUT2D eigenvalue weighted by Gasteiger charge is -2.07. The fourth-order valence-corrected chi connectivity index (χ4v) is 1.56. The number of nitrogens with one attached hydrogen (secondary N) is 2. The molecule has 2 aromatic heterocycles. The van der Waals surface area contributed by atoms with Gasteiger partial charge in [0.05, 0.1) is 11.6 Å². The second kappa shape index (κ2) is 4.34. The minimum atomic E-state index is 0.634. The highest BCUT2D eigenvalue weighted by Crippen LogP contribution is 2.20. The smallest absolute Gasteiger partial charge is 0.226 e. The van der Waals surface area contributed by atoms with E-state index >= 15 is 0 Å².